The zero-order chi connectivity index (χ0) is 16.4. The highest BCUT2D eigenvalue weighted by atomic mass is 79.9. The number of halogens is 1. The number of rotatable bonds is 4. The molecule has 0 atom stereocenters. The number of nitrogens with zero attached hydrogens (tertiary/aromatic N) is 3. The van der Waals surface area contributed by atoms with Crippen LogP contribution in [0, 0.1) is 6.92 Å². The number of thiazole rings is 1. The standard InChI is InChI=1S/C15H13BrN4O2S/c1-9-17-5-11(23-9)6-18-14(21)7-20-8-19-13-3-2-10(16)4-12(13)15(20)22/h2-5,8H,6-7H2,1H3,(H,18,21). The van der Waals surface area contributed by atoms with E-state index in [0.29, 0.717) is 17.4 Å². The average Bonchev–Trinajstić information content (AvgIpc) is 2.94. The summed E-state index contributed by atoms with van der Waals surface area (Å²) in [6, 6.07) is 5.29. The first kappa shape index (κ1) is 15.8. The minimum atomic E-state index is -0.241. The van der Waals surface area contributed by atoms with Crippen LogP contribution in [0.4, 0.5) is 0 Å². The fraction of sp³-hybridized carbons (Fsp3) is 0.200. The van der Waals surface area contributed by atoms with Crippen LogP contribution in [0.1, 0.15) is 9.88 Å². The number of hydrogen-bond donors (Lipinski definition) is 1. The van der Waals surface area contributed by atoms with Crippen molar-refractivity contribution in [2.24, 2.45) is 0 Å². The fourth-order valence-electron chi connectivity index (χ4n) is 2.13. The molecule has 1 aromatic carbocycles. The van der Waals surface area contributed by atoms with Gasteiger partial charge in [-0.15, -0.1) is 11.3 Å². The monoisotopic (exact) mass is 392 g/mol. The van der Waals surface area contributed by atoms with Crippen LogP contribution in [-0.2, 0) is 17.9 Å². The van der Waals surface area contributed by atoms with Gasteiger partial charge in [-0.3, -0.25) is 14.2 Å². The van der Waals surface area contributed by atoms with Gasteiger partial charge in [-0.2, -0.15) is 0 Å². The highest BCUT2D eigenvalue weighted by Gasteiger charge is 2.09. The van der Waals surface area contributed by atoms with Gasteiger partial charge in [0, 0.05) is 15.5 Å². The summed E-state index contributed by atoms with van der Waals surface area (Å²) in [5, 5.41) is 4.22. The van der Waals surface area contributed by atoms with Gasteiger partial charge < -0.3 is 5.32 Å². The topological polar surface area (TPSA) is 76.9 Å². The van der Waals surface area contributed by atoms with Crippen molar-refractivity contribution in [1.29, 1.82) is 0 Å². The molecule has 0 saturated heterocycles. The maximum Gasteiger partial charge on any atom is 0.261 e. The van der Waals surface area contributed by atoms with E-state index in [-0.39, 0.29) is 18.0 Å². The van der Waals surface area contributed by atoms with Crippen molar-refractivity contribution in [3.8, 4) is 0 Å². The van der Waals surface area contributed by atoms with E-state index >= 15 is 0 Å². The van der Waals surface area contributed by atoms with Crippen molar-refractivity contribution in [1.82, 2.24) is 19.9 Å². The summed E-state index contributed by atoms with van der Waals surface area (Å²) < 4.78 is 2.11. The van der Waals surface area contributed by atoms with Crippen molar-refractivity contribution in [3.05, 3.63) is 55.4 Å². The average molecular weight is 393 g/mol. The second-order valence-corrected chi connectivity index (χ2v) is 7.20. The van der Waals surface area contributed by atoms with Crippen LogP contribution in [0.25, 0.3) is 10.9 Å². The molecule has 23 heavy (non-hydrogen) atoms. The summed E-state index contributed by atoms with van der Waals surface area (Å²) in [4.78, 5) is 33.8. The molecule has 1 amide bonds. The summed E-state index contributed by atoms with van der Waals surface area (Å²) in [5.74, 6) is -0.241. The van der Waals surface area contributed by atoms with Gasteiger partial charge >= 0.3 is 0 Å². The molecule has 118 valence electrons. The number of fused-ring (bicyclic) bond motifs is 1. The number of carbonyl (C=O) groups excluding carboxylic acids is 1. The predicted octanol–water partition coefficient (Wildman–Crippen LogP) is 2.24. The Balaban J connectivity index is 1.74. The SMILES string of the molecule is Cc1ncc(CNC(=O)Cn2cnc3ccc(Br)cc3c2=O)s1. The summed E-state index contributed by atoms with van der Waals surface area (Å²) in [6.07, 6.45) is 3.14. The number of nitrogens with one attached hydrogen (secondary N) is 1. The second-order valence-electron chi connectivity index (χ2n) is 4.96. The molecular weight excluding hydrogens is 380 g/mol. The van der Waals surface area contributed by atoms with Crippen molar-refractivity contribution in [2.45, 2.75) is 20.0 Å². The third-order valence-corrected chi connectivity index (χ3v) is 4.63. The van der Waals surface area contributed by atoms with E-state index in [1.165, 1.54) is 22.2 Å². The van der Waals surface area contributed by atoms with Gasteiger partial charge in [-0.1, -0.05) is 15.9 Å². The molecule has 3 rings (SSSR count). The third-order valence-electron chi connectivity index (χ3n) is 3.23. The molecule has 0 spiro atoms. The molecule has 0 radical (unpaired) electrons. The van der Waals surface area contributed by atoms with Gasteiger partial charge in [-0.25, -0.2) is 9.97 Å². The first-order valence-electron chi connectivity index (χ1n) is 6.85. The van der Waals surface area contributed by atoms with Crippen LogP contribution < -0.4 is 10.9 Å². The number of benzene rings is 1. The Kier molecular flexibility index (Phi) is 4.53. The van der Waals surface area contributed by atoms with Crippen LogP contribution in [0.5, 0.6) is 0 Å². The minimum Gasteiger partial charge on any atom is -0.350 e. The van der Waals surface area contributed by atoms with Crippen molar-refractivity contribution >= 4 is 44.1 Å². The number of aromatic nitrogens is 3. The molecule has 3 aromatic rings. The minimum absolute atomic E-state index is 0.0634. The molecule has 2 aromatic heterocycles. The summed E-state index contributed by atoms with van der Waals surface area (Å²) in [6.45, 7) is 2.26. The number of amides is 1. The van der Waals surface area contributed by atoms with Gasteiger partial charge in [-0.05, 0) is 25.1 Å². The maximum atomic E-state index is 12.4. The number of aryl methyl sites for hydroxylation is 1. The lowest BCUT2D eigenvalue weighted by molar-refractivity contribution is -0.121. The molecule has 0 aliphatic rings. The molecule has 0 unspecified atom stereocenters. The van der Waals surface area contributed by atoms with E-state index in [0.717, 1.165) is 14.4 Å². The van der Waals surface area contributed by atoms with Crippen LogP contribution in [0.15, 0.2) is 40.0 Å². The predicted molar refractivity (Wildman–Crippen MR) is 92.4 cm³/mol. The Morgan fingerprint density at radius 2 is 2.22 bits per heavy atom. The lowest BCUT2D eigenvalue weighted by Gasteiger charge is -2.07. The van der Waals surface area contributed by atoms with Crippen LogP contribution in [0.2, 0.25) is 0 Å². The zero-order valence-corrected chi connectivity index (χ0v) is 14.6. The molecular formula is C15H13BrN4O2S. The second kappa shape index (κ2) is 6.59. The van der Waals surface area contributed by atoms with E-state index in [1.54, 1.807) is 18.3 Å². The molecule has 0 bridgehead atoms. The van der Waals surface area contributed by atoms with Crippen molar-refractivity contribution in [3.63, 3.8) is 0 Å². The first-order valence-corrected chi connectivity index (χ1v) is 8.46. The van der Waals surface area contributed by atoms with Crippen molar-refractivity contribution in [2.75, 3.05) is 0 Å². The normalized spacial score (nSPS) is 10.9. The molecule has 0 saturated carbocycles. The van der Waals surface area contributed by atoms with Gasteiger partial charge in [0.2, 0.25) is 5.91 Å². The summed E-state index contributed by atoms with van der Waals surface area (Å²) >= 11 is 4.87. The van der Waals surface area contributed by atoms with E-state index < -0.39 is 0 Å². The van der Waals surface area contributed by atoms with Crippen molar-refractivity contribution < 1.29 is 4.79 Å². The molecule has 6 nitrogen and oxygen atoms in total. The molecule has 2 heterocycles. The lowest BCUT2D eigenvalue weighted by Crippen LogP contribution is -2.32. The van der Waals surface area contributed by atoms with E-state index in [1.807, 2.05) is 13.0 Å². The third kappa shape index (κ3) is 3.65. The Morgan fingerprint density at radius 1 is 1.39 bits per heavy atom. The van der Waals surface area contributed by atoms with Crippen LogP contribution in [-0.4, -0.2) is 20.4 Å². The Morgan fingerprint density at radius 3 is 2.96 bits per heavy atom. The highest BCUT2D eigenvalue weighted by molar-refractivity contribution is 9.10. The summed E-state index contributed by atoms with van der Waals surface area (Å²) in [5.41, 5.74) is 0.370. The largest absolute Gasteiger partial charge is 0.350 e. The van der Waals surface area contributed by atoms with Gasteiger partial charge in [0.15, 0.2) is 0 Å². The highest BCUT2D eigenvalue weighted by Crippen LogP contribution is 2.14. The van der Waals surface area contributed by atoms with Gasteiger partial charge in [0.25, 0.3) is 5.56 Å². The lowest BCUT2D eigenvalue weighted by atomic mass is 10.2. The zero-order valence-electron chi connectivity index (χ0n) is 12.2. The fourth-order valence-corrected chi connectivity index (χ4v) is 3.22. The van der Waals surface area contributed by atoms with Crippen LogP contribution in [0.3, 0.4) is 0 Å². The van der Waals surface area contributed by atoms with E-state index in [2.05, 4.69) is 31.2 Å². The molecule has 0 aliphatic carbocycles. The number of carbonyl (C=O) groups is 1. The first-order chi connectivity index (χ1) is 11.0. The Labute approximate surface area is 144 Å². The Bertz CT molecular complexity index is 935. The molecule has 0 fully saturated rings. The quantitative estimate of drug-likeness (QED) is 0.738. The van der Waals surface area contributed by atoms with E-state index in [9.17, 15) is 9.59 Å². The molecule has 1 N–H and O–H groups in total. The van der Waals surface area contributed by atoms with E-state index in [4.69, 9.17) is 0 Å². The van der Waals surface area contributed by atoms with Gasteiger partial charge in [0.1, 0.15) is 6.54 Å². The van der Waals surface area contributed by atoms with Crippen LogP contribution >= 0.6 is 27.3 Å². The smallest absolute Gasteiger partial charge is 0.261 e. The summed E-state index contributed by atoms with van der Waals surface area (Å²) in [7, 11) is 0. The van der Waals surface area contributed by atoms with Gasteiger partial charge in [0.05, 0.1) is 28.8 Å². The molecule has 8 heteroatoms. The maximum absolute atomic E-state index is 12.4. The molecule has 0 aliphatic heterocycles. The number of hydrogen-bond acceptors (Lipinski definition) is 5. The Hall–Kier alpha value is -2.06.